The van der Waals surface area contributed by atoms with Gasteiger partial charge in [-0.25, -0.2) is 0 Å². The predicted molar refractivity (Wildman–Crippen MR) is 122 cm³/mol. The molecule has 2 aromatic carbocycles. The van der Waals surface area contributed by atoms with Crippen LogP contribution in [-0.2, 0) is 19.2 Å². The molecule has 2 aliphatic carbocycles. The minimum atomic E-state index is -0.173. The SMILES string of the molecule is CCCCP(CCCC)C1=Cc2ccccc2[CH]1[Ti+2][CH]1C=Cc2ccccc21.[Cl-].[Cl-]. The molecule has 0 bridgehead atoms. The molecule has 2 atom stereocenters. The first-order valence-corrected chi connectivity index (χ1v) is 14.4. The molecular formula is C26H31Cl2PTi. The molecular weight excluding hydrogens is 462 g/mol. The van der Waals surface area contributed by atoms with Crippen molar-refractivity contribution >= 4 is 20.1 Å². The Balaban J connectivity index is 0.00000160. The summed E-state index contributed by atoms with van der Waals surface area (Å²) >= 11 is -0.173. The van der Waals surface area contributed by atoms with Gasteiger partial charge in [0.2, 0.25) is 0 Å². The van der Waals surface area contributed by atoms with Gasteiger partial charge in [-0.15, -0.1) is 0 Å². The monoisotopic (exact) mass is 492 g/mol. The summed E-state index contributed by atoms with van der Waals surface area (Å²) in [7, 11) is 0.0215. The van der Waals surface area contributed by atoms with E-state index in [1.54, 1.807) is 11.1 Å². The minimum absolute atomic E-state index is 0. The van der Waals surface area contributed by atoms with E-state index in [0.717, 1.165) is 4.22 Å². The molecule has 158 valence electrons. The second kappa shape index (κ2) is 12.6. The van der Waals surface area contributed by atoms with Gasteiger partial charge < -0.3 is 24.8 Å². The molecule has 0 saturated carbocycles. The van der Waals surface area contributed by atoms with Gasteiger partial charge in [0.25, 0.3) is 0 Å². The van der Waals surface area contributed by atoms with E-state index in [9.17, 15) is 0 Å². The molecule has 0 aromatic heterocycles. The molecule has 4 rings (SSSR count). The second-order valence-electron chi connectivity index (χ2n) is 7.96. The van der Waals surface area contributed by atoms with Crippen molar-refractivity contribution in [3.63, 3.8) is 0 Å². The van der Waals surface area contributed by atoms with Gasteiger partial charge in [-0.3, -0.25) is 0 Å². The molecule has 0 radical (unpaired) electrons. The van der Waals surface area contributed by atoms with Crippen LogP contribution in [0.1, 0.15) is 70.2 Å². The Labute approximate surface area is 205 Å². The van der Waals surface area contributed by atoms with E-state index in [4.69, 9.17) is 0 Å². The zero-order chi connectivity index (χ0) is 19.3. The van der Waals surface area contributed by atoms with Crippen LogP contribution in [-0.4, -0.2) is 12.3 Å². The number of halogens is 2. The smallest absolute Gasteiger partial charge is 1.00 e. The number of unbranched alkanes of at least 4 members (excludes halogenated alkanes) is 2. The maximum atomic E-state index is 2.62. The van der Waals surface area contributed by atoms with Crippen LogP contribution in [0.2, 0.25) is 0 Å². The molecule has 0 aliphatic heterocycles. The molecule has 0 N–H and O–H groups in total. The number of hydrogen-bond acceptors (Lipinski definition) is 0. The molecule has 2 unspecified atom stereocenters. The molecule has 0 amide bonds. The van der Waals surface area contributed by atoms with Crippen LogP contribution in [0.5, 0.6) is 0 Å². The van der Waals surface area contributed by atoms with Gasteiger partial charge in [-0.2, -0.15) is 0 Å². The average molecular weight is 493 g/mol. The second-order valence-corrected chi connectivity index (χ2v) is 12.8. The van der Waals surface area contributed by atoms with Crippen molar-refractivity contribution in [3.05, 3.63) is 82.2 Å². The van der Waals surface area contributed by atoms with Crippen molar-refractivity contribution in [2.75, 3.05) is 12.3 Å². The Hall–Kier alpha value is -0.356. The Morgan fingerprint density at radius 3 is 2.07 bits per heavy atom. The van der Waals surface area contributed by atoms with E-state index in [-0.39, 0.29) is 51.9 Å². The summed E-state index contributed by atoms with van der Waals surface area (Å²) in [5.41, 5.74) is 6.18. The van der Waals surface area contributed by atoms with Crippen molar-refractivity contribution in [2.45, 2.75) is 48.0 Å². The minimum Gasteiger partial charge on any atom is -1.00 e. The summed E-state index contributed by atoms with van der Waals surface area (Å²) < 4.78 is 1.42. The third kappa shape index (κ3) is 5.71. The van der Waals surface area contributed by atoms with Gasteiger partial charge in [-0.1, -0.05) is 0 Å². The van der Waals surface area contributed by atoms with Gasteiger partial charge in [0.15, 0.2) is 0 Å². The summed E-state index contributed by atoms with van der Waals surface area (Å²) in [4.78, 5) is 0. The number of rotatable bonds is 9. The largest absolute Gasteiger partial charge is 1.00 e. The molecule has 2 aliphatic rings. The summed E-state index contributed by atoms with van der Waals surface area (Å²) in [6.45, 7) is 4.69. The van der Waals surface area contributed by atoms with Crippen LogP contribution in [0.25, 0.3) is 12.2 Å². The van der Waals surface area contributed by atoms with Crippen molar-refractivity contribution in [2.24, 2.45) is 0 Å². The van der Waals surface area contributed by atoms with Crippen molar-refractivity contribution in [3.8, 4) is 0 Å². The molecule has 0 nitrogen and oxygen atoms in total. The predicted octanol–water partition coefficient (Wildman–Crippen LogP) is 2.02. The van der Waals surface area contributed by atoms with E-state index in [1.807, 2.05) is 5.31 Å². The first-order valence-electron chi connectivity index (χ1n) is 10.9. The van der Waals surface area contributed by atoms with Crippen LogP contribution in [0.3, 0.4) is 0 Å². The Bertz CT molecular complexity index is 869. The van der Waals surface area contributed by atoms with Gasteiger partial charge in [0, 0.05) is 0 Å². The zero-order valence-electron chi connectivity index (χ0n) is 18.0. The van der Waals surface area contributed by atoms with Gasteiger partial charge in [0.1, 0.15) is 0 Å². The summed E-state index contributed by atoms with van der Waals surface area (Å²) in [5, 5.41) is 1.84. The van der Waals surface area contributed by atoms with Crippen LogP contribution in [0, 0.1) is 0 Å². The first kappa shape index (κ1) is 25.9. The maximum Gasteiger partial charge on any atom is -1.00 e. The molecule has 0 heterocycles. The zero-order valence-corrected chi connectivity index (χ0v) is 21.9. The van der Waals surface area contributed by atoms with E-state index in [0.29, 0.717) is 4.22 Å². The molecule has 0 spiro atoms. The quantitative estimate of drug-likeness (QED) is 0.371. The number of benzene rings is 2. The maximum absolute atomic E-state index is 2.62. The van der Waals surface area contributed by atoms with Crippen molar-refractivity contribution in [1.82, 2.24) is 0 Å². The number of fused-ring (bicyclic) bond motifs is 2. The Kier molecular flexibility index (Phi) is 10.9. The molecule has 4 heteroatoms. The third-order valence-corrected chi connectivity index (χ3v) is 12.0. The van der Waals surface area contributed by atoms with Crippen LogP contribution in [0.4, 0.5) is 0 Å². The topological polar surface area (TPSA) is 0 Å². The van der Waals surface area contributed by atoms with Crippen LogP contribution < -0.4 is 24.8 Å². The van der Waals surface area contributed by atoms with E-state index < -0.39 is 0 Å². The summed E-state index contributed by atoms with van der Waals surface area (Å²) in [6, 6.07) is 18.3. The van der Waals surface area contributed by atoms with Crippen LogP contribution >= 0.6 is 7.92 Å². The van der Waals surface area contributed by atoms with E-state index in [2.05, 4.69) is 80.6 Å². The van der Waals surface area contributed by atoms with E-state index in [1.165, 1.54) is 49.1 Å². The van der Waals surface area contributed by atoms with Gasteiger partial charge in [0.05, 0.1) is 0 Å². The Morgan fingerprint density at radius 1 is 0.800 bits per heavy atom. The van der Waals surface area contributed by atoms with Gasteiger partial charge >= 0.3 is 182 Å². The summed E-state index contributed by atoms with van der Waals surface area (Å²) in [6.07, 6.45) is 15.8. The molecule has 30 heavy (non-hydrogen) atoms. The van der Waals surface area contributed by atoms with Crippen LogP contribution in [0.15, 0.2) is 59.9 Å². The van der Waals surface area contributed by atoms with Crippen molar-refractivity contribution < 1.29 is 44.0 Å². The van der Waals surface area contributed by atoms with E-state index >= 15 is 0 Å². The first-order chi connectivity index (χ1) is 13.8. The van der Waals surface area contributed by atoms with Gasteiger partial charge in [-0.05, 0) is 0 Å². The molecule has 0 saturated heterocycles. The standard InChI is InChI=1S/C17H24P.C9H7.2ClH.Ti/c1-3-5-11-18(12-6-4-2)17-13-15-9-7-8-10-16(15)14-17;1-2-5-9-7-3-6-8(9)4-1;;;/h7-10,13-14H,3-6,11-12H2,1-2H3;1-7H;2*1H;/q;;;;+2/p-2. The van der Waals surface area contributed by atoms with Crippen molar-refractivity contribution in [1.29, 1.82) is 0 Å². The summed E-state index contributed by atoms with van der Waals surface area (Å²) in [5.74, 6) is 0. The Morgan fingerprint density at radius 2 is 1.40 bits per heavy atom. The molecule has 0 fully saturated rings. The fraction of sp³-hybridized carbons (Fsp3) is 0.385. The molecule has 2 aromatic rings. The average Bonchev–Trinajstić information content (AvgIpc) is 3.31. The number of allylic oxidation sites excluding steroid dienone is 2. The fourth-order valence-electron chi connectivity index (χ4n) is 4.40. The third-order valence-electron chi connectivity index (χ3n) is 5.98. The number of hydrogen-bond donors (Lipinski definition) is 0. The normalized spacial score (nSPS) is 18.2. The fourth-order valence-corrected chi connectivity index (χ4v) is 11.2.